The summed E-state index contributed by atoms with van der Waals surface area (Å²) in [5, 5.41) is 21.3. The molecule has 0 saturated heterocycles. The third kappa shape index (κ3) is 5.72. The van der Waals surface area contributed by atoms with Gasteiger partial charge in [0.25, 0.3) is 0 Å². The maximum Gasteiger partial charge on any atom is 1.00 e. The molecule has 9 heteroatoms. The summed E-state index contributed by atoms with van der Waals surface area (Å²) in [6.45, 7) is 7.91. The zero-order valence-corrected chi connectivity index (χ0v) is 18.8. The minimum Gasteiger partial charge on any atom is -0.550 e. The van der Waals surface area contributed by atoms with Gasteiger partial charge in [0, 0.05) is 23.2 Å². The predicted octanol–water partition coefficient (Wildman–Crippen LogP) is -0.293. The first-order valence-electron chi connectivity index (χ1n) is 7.71. The van der Waals surface area contributed by atoms with Gasteiger partial charge in [-0.3, -0.25) is 4.79 Å². The minimum absolute atomic E-state index is 0. The average molecular weight is 392 g/mol. The van der Waals surface area contributed by atoms with Crippen LogP contribution in [0.1, 0.15) is 63.4 Å². The van der Waals surface area contributed by atoms with Crippen molar-refractivity contribution in [3.05, 3.63) is 10.0 Å². The second kappa shape index (κ2) is 8.43. The Hall–Kier alpha value is -0.540. The predicted molar refractivity (Wildman–Crippen MR) is 92.5 cm³/mol. The molecule has 0 saturated carbocycles. The number of carbonyl (C=O) groups is 2. The minimum atomic E-state index is -1.05. The van der Waals surface area contributed by atoms with Crippen LogP contribution in [0.25, 0.3) is 9.66 Å². The molecule has 1 N–H and O–H groups in total. The fourth-order valence-electron chi connectivity index (χ4n) is 2.27. The molecule has 2 aromatic rings. The topological polar surface area (TPSA) is 103 Å². The van der Waals surface area contributed by atoms with Crippen molar-refractivity contribution in [1.82, 2.24) is 9.97 Å². The van der Waals surface area contributed by atoms with Crippen LogP contribution in [0.4, 0.5) is 0 Å². The van der Waals surface area contributed by atoms with Gasteiger partial charge in [0.05, 0.1) is 0 Å². The standard InChI is InChI=1S/C16H22N2O4S2.Na/c1-15(2,7-5-9(19)20)13-17-11-12(23-13)18-14(24-11)16(3,4)8-6-10(21)22;/h5-8H2,1-4H3,(H,19,20)(H,21,22);/q;+1/p-1. The van der Waals surface area contributed by atoms with Crippen molar-refractivity contribution in [1.29, 1.82) is 0 Å². The Balaban J connectivity index is 0.00000312. The van der Waals surface area contributed by atoms with Gasteiger partial charge < -0.3 is 15.0 Å². The van der Waals surface area contributed by atoms with E-state index in [-0.39, 0.29) is 53.2 Å². The number of aliphatic carboxylic acids is 2. The van der Waals surface area contributed by atoms with Crippen LogP contribution in [0.5, 0.6) is 0 Å². The van der Waals surface area contributed by atoms with Crippen LogP contribution in [0.3, 0.4) is 0 Å². The first-order chi connectivity index (χ1) is 11.0. The Morgan fingerprint density at radius 3 is 1.72 bits per heavy atom. The number of carboxylic acid groups (broad SMARTS) is 2. The van der Waals surface area contributed by atoms with Crippen LogP contribution in [-0.2, 0) is 20.4 Å². The molecule has 0 bridgehead atoms. The number of carbonyl (C=O) groups excluding carboxylic acids is 1. The zero-order valence-electron chi connectivity index (χ0n) is 15.2. The van der Waals surface area contributed by atoms with Crippen LogP contribution < -0.4 is 34.7 Å². The quantitative estimate of drug-likeness (QED) is 0.619. The largest absolute Gasteiger partial charge is 1.00 e. The van der Waals surface area contributed by atoms with Gasteiger partial charge in [0.15, 0.2) is 9.66 Å². The van der Waals surface area contributed by atoms with E-state index in [0.717, 1.165) is 19.7 Å². The number of aromatic nitrogens is 2. The summed E-state index contributed by atoms with van der Waals surface area (Å²) < 4.78 is 0. The zero-order chi connectivity index (χ0) is 18.1. The summed E-state index contributed by atoms with van der Waals surface area (Å²) in [6, 6.07) is 0. The summed E-state index contributed by atoms with van der Waals surface area (Å²) in [5.74, 6) is -1.86. The molecule has 2 heterocycles. The van der Waals surface area contributed by atoms with Gasteiger partial charge in [-0.05, 0) is 19.3 Å². The number of nitrogens with zero attached hydrogens (tertiary/aromatic N) is 2. The van der Waals surface area contributed by atoms with Crippen molar-refractivity contribution in [2.45, 2.75) is 64.2 Å². The molecule has 0 unspecified atom stereocenters. The molecule has 0 aromatic carbocycles. The molecule has 0 fully saturated rings. The summed E-state index contributed by atoms with van der Waals surface area (Å²) in [7, 11) is 0. The first kappa shape index (κ1) is 22.5. The van der Waals surface area contributed by atoms with Gasteiger partial charge in [-0.1, -0.05) is 50.4 Å². The van der Waals surface area contributed by atoms with E-state index in [4.69, 9.17) is 5.11 Å². The Bertz CT molecular complexity index is 676. The normalized spacial score (nSPS) is 12.2. The van der Waals surface area contributed by atoms with Gasteiger partial charge in [0.2, 0.25) is 0 Å². The SMILES string of the molecule is CC(C)(CCC(=O)[O-])c1nc2sc(C(C)(C)CCC(=O)O)nc2s1.[Na+]. The third-order valence-corrected chi connectivity index (χ3v) is 6.81. The molecule has 0 amide bonds. The fourth-order valence-corrected chi connectivity index (χ4v) is 4.57. The maximum absolute atomic E-state index is 10.8. The van der Waals surface area contributed by atoms with Crippen molar-refractivity contribution < 1.29 is 49.4 Å². The van der Waals surface area contributed by atoms with Crippen molar-refractivity contribution in [2.24, 2.45) is 0 Å². The molecule has 6 nitrogen and oxygen atoms in total. The van der Waals surface area contributed by atoms with Crippen molar-refractivity contribution in [3.8, 4) is 0 Å². The van der Waals surface area contributed by atoms with Gasteiger partial charge in [-0.15, -0.1) is 0 Å². The molecule has 132 valence electrons. The molecule has 0 aliphatic rings. The van der Waals surface area contributed by atoms with E-state index in [1.807, 2.05) is 27.7 Å². The van der Waals surface area contributed by atoms with Crippen molar-refractivity contribution in [2.75, 3.05) is 0 Å². The van der Waals surface area contributed by atoms with Gasteiger partial charge in [-0.25, -0.2) is 9.97 Å². The summed E-state index contributed by atoms with van der Waals surface area (Å²) in [4.78, 5) is 32.4. The summed E-state index contributed by atoms with van der Waals surface area (Å²) in [5.41, 5.74) is -0.654. The van der Waals surface area contributed by atoms with Gasteiger partial charge >= 0.3 is 35.5 Å². The molecule has 0 spiro atoms. The number of carboxylic acids is 2. The van der Waals surface area contributed by atoms with Gasteiger partial charge in [0.1, 0.15) is 10.0 Å². The van der Waals surface area contributed by atoms with E-state index >= 15 is 0 Å². The van der Waals surface area contributed by atoms with Gasteiger partial charge in [-0.2, -0.15) is 0 Å². The summed E-state index contributed by atoms with van der Waals surface area (Å²) >= 11 is 2.96. The molecular formula is C16H21N2NaO4S2. The van der Waals surface area contributed by atoms with Crippen LogP contribution in [-0.4, -0.2) is 27.0 Å². The van der Waals surface area contributed by atoms with Crippen LogP contribution in [0.15, 0.2) is 0 Å². The van der Waals surface area contributed by atoms with E-state index in [1.54, 1.807) is 0 Å². The Kier molecular flexibility index (Phi) is 7.59. The van der Waals surface area contributed by atoms with E-state index in [1.165, 1.54) is 22.7 Å². The molecule has 2 aromatic heterocycles. The van der Waals surface area contributed by atoms with E-state index in [2.05, 4.69) is 9.97 Å². The Morgan fingerprint density at radius 2 is 1.36 bits per heavy atom. The van der Waals surface area contributed by atoms with E-state index in [9.17, 15) is 14.7 Å². The summed E-state index contributed by atoms with van der Waals surface area (Å²) in [6.07, 6.45) is 1.09. The van der Waals surface area contributed by atoms with E-state index in [0.29, 0.717) is 12.8 Å². The molecule has 0 atom stereocenters. The Labute approximate surface area is 177 Å². The Morgan fingerprint density at radius 1 is 0.960 bits per heavy atom. The second-order valence-electron chi connectivity index (χ2n) is 7.18. The number of fused-ring (bicyclic) bond motifs is 1. The smallest absolute Gasteiger partial charge is 0.550 e. The molecule has 0 radical (unpaired) electrons. The molecule has 0 aliphatic heterocycles. The van der Waals surface area contributed by atoms with Crippen molar-refractivity contribution in [3.63, 3.8) is 0 Å². The van der Waals surface area contributed by atoms with Crippen LogP contribution in [0, 0.1) is 0 Å². The first-order valence-corrected chi connectivity index (χ1v) is 9.34. The van der Waals surface area contributed by atoms with Crippen LogP contribution in [0.2, 0.25) is 0 Å². The number of rotatable bonds is 8. The maximum atomic E-state index is 10.8. The molecule has 0 aliphatic carbocycles. The molecule has 2 rings (SSSR count). The van der Waals surface area contributed by atoms with E-state index < -0.39 is 11.9 Å². The third-order valence-electron chi connectivity index (χ3n) is 4.05. The number of hydrogen-bond donors (Lipinski definition) is 1. The fraction of sp³-hybridized carbons (Fsp3) is 0.625. The second-order valence-corrected chi connectivity index (χ2v) is 9.14. The molecular weight excluding hydrogens is 371 g/mol. The monoisotopic (exact) mass is 392 g/mol. The van der Waals surface area contributed by atoms with Crippen LogP contribution >= 0.6 is 22.7 Å². The van der Waals surface area contributed by atoms with Crippen molar-refractivity contribution >= 4 is 44.3 Å². The average Bonchev–Trinajstić information content (AvgIpc) is 3.02. The number of thiazole rings is 2. The molecule has 25 heavy (non-hydrogen) atoms. The number of hydrogen-bond acceptors (Lipinski definition) is 7.